The zero-order chi connectivity index (χ0) is 33.4. The van der Waals surface area contributed by atoms with Crippen LogP contribution in [0.4, 0.5) is 0 Å². The van der Waals surface area contributed by atoms with Gasteiger partial charge in [0.2, 0.25) is 0 Å². The molecule has 274 valence electrons. The second kappa shape index (κ2) is 58.2. The summed E-state index contributed by atoms with van der Waals surface area (Å²) in [5.41, 5.74) is 5.67. The van der Waals surface area contributed by atoms with Crippen LogP contribution in [0.15, 0.2) is 121 Å². The van der Waals surface area contributed by atoms with Gasteiger partial charge in [0, 0.05) is 14.2 Å². The number of aliphatic hydroxyl groups excluding tert-OH is 4. The molecule has 0 bridgehead atoms. The van der Waals surface area contributed by atoms with E-state index in [1.165, 1.54) is 35.1 Å². The number of hydrogen-bond donors (Lipinski definition) is 6. The highest BCUT2D eigenvalue weighted by Crippen LogP contribution is 2.01. The van der Waals surface area contributed by atoms with E-state index in [0.717, 1.165) is 33.5 Å². The third kappa shape index (κ3) is 49.7. The van der Waals surface area contributed by atoms with E-state index in [1.807, 2.05) is 18.2 Å². The van der Waals surface area contributed by atoms with Crippen LogP contribution >= 0.6 is 0 Å². The Bertz CT molecular complexity index is 858. The van der Waals surface area contributed by atoms with Crippen molar-refractivity contribution in [3.05, 3.63) is 144 Å². The highest BCUT2D eigenvalue weighted by molar-refractivity contribution is 5.16. The second-order valence-corrected chi connectivity index (χ2v) is 8.04. The molecule has 4 aromatic carbocycles. The molecule has 6 nitrogen and oxygen atoms in total. The maximum absolute atomic E-state index is 7.12. The summed E-state index contributed by atoms with van der Waals surface area (Å²) >= 11 is 0. The van der Waals surface area contributed by atoms with E-state index < -0.39 is 13.6 Å². The van der Waals surface area contributed by atoms with E-state index in [4.69, 9.17) is 30.6 Å². The number of aliphatic hydroxyl groups is 6. The molecular formula is C41H74O6. The lowest BCUT2D eigenvalue weighted by molar-refractivity contribution is 0.0767. The number of aryl methyl sites for hydroxylation is 4. The van der Waals surface area contributed by atoms with Crippen LogP contribution in [0.25, 0.3) is 0 Å². The fraction of sp³-hybridized carbons (Fsp3) is 0.415. The van der Waals surface area contributed by atoms with Crippen molar-refractivity contribution in [3.63, 3.8) is 0 Å². The summed E-state index contributed by atoms with van der Waals surface area (Å²) in [5, 5.41) is 42.5. The van der Waals surface area contributed by atoms with Gasteiger partial charge in [0.15, 0.2) is 0 Å². The van der Waals surface area contributed by atoms with Gasteiger partial charge in [0.05, 0.1) is 0 Å². The lowest BCUT2D eigenvalue weighted by atomic mass is 10.1. The molecule has 0 aliphatic heterocycles. The Hall–Kier alpha value is -3.36. The van der Waals surface area contributed by atoms with Gasteiger partial charge in [-0.2, -0.15) is 0 Å². The predicted octanol–water partition coefficient (Wildman–Crippen LogP) is 9.00. The molecule has 0 aliphatic rings. The minimum atomic E-state index is -0.750. The van der Waals surface area contributed by atoms with Crippen molar-refractivity contribution in [1.82, 2.24) is 0 Å². The first-order valence-electron chi connectivity index (χ1n) is 14.5. The first-order valence-corrected chi connectivity index (χ1v) is 14.5. The summed E-state index contributed by atoms with van der Waals surface area (Å²) in [6.45, 7) is 7.19. The SMILES string of the molecule is C.C.C.C.CCCc1ccccc1.CCc1ccccc1.CCc1ccccc1.CCc1ccccc1.CO.CO.OCO.OCO. The van der Waals surface area contributed by atoms with Crippen molar-refractivity contribution in [2.75, 3.05) is 27.8 Å². The molecular weight excluding hydrogens is 588 g/mol. The first kappa shape index (κ1) is 62.5. The van der Waals surface area contributed by atoms with Crippen LogP contribution in [0.3, 0.4) is 0 Å². The molecule has 47 heavy (non-hydrogen) atoms. The lowest BCUT2D eigenvalue weighted by Crippen LogP contribution is -1.78. The van der Waals surface area contributed by atoms with Gasteiger partial charge in [0.25, 0.3) is 0 Å². The zero-order valence-electron chi connectivity index (χ0n) is 27.2. The molecule has 0 aromatic heterocycles. The fourth-order valence-electron chi connectivity index (χ4n) is 3.07. The van der Waals surface area contributed by atoms with E-state index in [0.29, 0.717) is 0 Å². The summed E-state index contributed by atoms with van der Waals surface area (Å²) in [7, 11) is 2.00. The number of hydrogen-bond acceptors (Lipinski definition) is 6. The van der Waals surface area contributed by atoms with E-state index in [9.17, 15) is 0 Å². The maximum Gasteiger partial charge on any atom is 0.140 e. The van der Waals surface area contributed by atoms with Gasteiger partial charge in [-0.1, -0.05) is 185 Å². The topological polar surface area (TPSA) is 121 Å². The van der Waals surface area contributed by atoms with Crippen molar-refractivity contribution >= 4 is 0 Å². The third-order valence-corrected chi connectivity index (χ3v) is 5.13. The van der Waals surface area contributed by atoms with Crippen LogP contribution in [0, 0.1) is 0 Å². The lowest BCUT2D eigenvalue weighted by Gasteiger charge is -1.93. The Morgan fingerprint density at radius 3 is 0.638 bits per heavy atom. The number of benzene rings is 4. The molecule has 0 atom stereocenters. The summed E-state index contributed by atoms with van der Waals surface area (Å²) in [5.74, 6) is 0. The van der Waals surface area contributed by atoms with Crippen molar-refractivity contribution in [2.24, 2.45) is 0 Å². The molecule has 0 saturated carbocycles. The average molecular weight is 663 g/mol. The van der Waals surface area contributed by atoms with Crippen molar-refractivity contribution in [3.8, 4) is 0 Å². The molecule has 0 amide bonds. The van der Waals surface area contributed by atoms with Gasteiger partial charge in [-0.25, -0.2) is 0 Å². The standard InChI is InChI=1S/C9H12.3C8H10.2CH4O2.2CH4O.4CH4/c1-2-6-9-7-4-3-5-8-9;3*1-2-8-6-4-3-5-7-8;2*2-1-3;2*1-2;;;;/h3-5,7-8H,2,6H2,1H3;3*3-7H,2H2,1H3;2*2-3H,1H2;2*2H,1H3;4*1H4. The van der Waals surface area contributed by atoms with E-state index in [-0.39, 0.29) is 29.7 Å². The van der Waals surface area contributed by atoms with Gasteiger partial charge < -0.3 is 30.6 Å². The normalized spacial score (nSPS) is 7.49. The summed E-state index contributed by atoms with van der Waals surface area (Å²) < 4.78 is 0. The van der Waals surface area contributed by atoms with Crippen molar-refractivity contribution in [2.45, 2.75) is 89.5 Å². The largest absolute Gasteiger partial charge is 0.400 e. The maximum atomic E-state index is 7.12. The Morgan fingerprint density at radius 2 is 0.511 bits per heavy atom. The highest BCUT2D eigenvalue weighted by Gasteiger charge is 1.85. The minimum absolute atomic E-state index is 0. The van der Waals surface area contributed by atoms with E-state index in [1.54, 1.807) is 0 Å². The van der Waals surface area contributed by atoms with Crippen LogP contribution in [0.5, 0.6) is 0 Å². The molecule has 0 spiro atoms. The summed E-state index contributed by atoms with van der Waals surface area (Å²) in [4.78, 5) is 0. The minimum Gasteiger partial charge on any atom is -0.400 e. The molecule has 0 heterocycles. The molecule has 0 aliphatic carbocycles. The first-order chi connectivity index (χ1) is 21.1. The van der Waals surface area contributed by atoms with E-state index in [2.05, 4.69) is 131 Å². The van der Waals surface area contributed by atoms with Crippen LogP contribution < -0.4 is 0 Å². The molecule has 6 N–H and O–H groups in total. The van der Waals surface area contributed by atoms with Crippen LogP contribution in [0.2, 0.25) is 0 Å². The number of rotatable bonds is 5. The van der Waals surface area contributed by atoms with Gasteiger partial charge in [-0.15, -0.1) is 0 Å². The molecule has 6 heteroatoms. The Kier molecular flexibility index (Phi) is 77.4. The van der Waals surface area contributed by atoms with Crippen molar-refractivity contribution < 1.29 is 30.6 Å². The second-order valence-electron chi connectivity index (χ2n) is 8.04. The highest BCUT2D eigenvalue weighted by atomic mass is 16.5. The molecule has 0 unspecified atom stereocenters. The quantitative estimate of drug-likeness (QED) is 0.119. The Balaban J connectivity index is -0.0000000642. The third-order valence-electron chi connectivity index (χ3n) is 5.13. The summed E-state index contributed by atoms with van der Waals surface area (Å²) in [6.07, 6.45) is 5.87. The van der Waals surface area contributed by atoms with Crippen LogP contribution in [-0.2, 0) is 25.7 Å². The molecule has 0 saturated heterocycles. The van der Waals surface area contributed by atoms with Crippen LogP contribution in [0.1, 0.15) is 86.1 Å². The molecule has 0 radical (unpaired) electrons. The molecule has 4 aromatic rings. The zero-order valence-corrected chi connectivity index (χ0v) is 27.2. The molecule has 0 fully saturated rings. The van der Waals surface area contributed by atoms with Gasteiger partial charge in [-0.3, -0.25) is 0 Å². The monoisotopic (exact) mass is 663 g/mol. The van der Waals surface area contributed by atoms with Gasteiger partial charge in [0.1, 0.15) is 13.6 Å². The van der Waals surface area contributed by atoms with Crippen molar-refractivity contribution in [1.29, 1.82) is 0 Å². The Labute approximate surface area is 291 Å². The molecule has 4 rings (SSSR count). The predicted molar refractivity (Wildman–Crippen MR) is 210 cm³/mol. The fourth-order valence-corrected chi connectivity index (χ4v) is 3.07. The summed E-state index contributed by atoms with van der Waals surface area (Å²) in [6, 6.07) is 41.9. The smallest absolute Gasteiger partial charge is 0.140 e. The average Bonchev–Trinajstić information content (AvgIpc) is 3.10. The van der Waals surface area contributed by atoms with Crippen LogP contribution in [-0.4, -0.2) is 58.4 Å². The Morgan fingerprint density at radius 1 is 0.340 bits per heavy atom. The van der Waals surface area contributed by atoms with E-state index >= 15 is 0 Å². The van der Waals surface area contributed by atoms with Gasteiger partial charge >= 0.3 is 0 Å². The van der Waals surface area contributed by atoms with Gasteiger partial charge in [-0.05, 0) is 47.9 Å².